The quantitative estimate of drug-likeness (QED) is 0.0230. The number of esters is 3. The monoisotopic (exact) mass is 1120 g/mol. The summed E-state index contributed by atoms with van der Waals surface area (Å²) in [5, 5.41) is 24.4. The van der Waals surface area contributed by atoms with E-state index >= 15 is 0 Å². The zero-order valence-electron chi connectivity index (χ0n) is 52.4. The first-order valence-electron chi connectivity index (χ1n) is 33.9. The summed E-state index contributed by atoms with van der Waals surface area (Å²) in [5.74, 6) is -0.687. The average molecular weight is 1120 g/mol. The van der Waals surface area contributed by atoms with Crippen molar-refractivity contribution in [1.29, 1.82) is 0 Å². The number of hydrogen-bond acceptors (Lipinski definition) is 11. The molecular weight excluding hydrogens is 995 g/mol. The van der Waals surface area contributed by atoms with Gasteiger partial charge in [0.25, 0.3) is 0 Å². The molecule has 0 bridgehead atoms. The summed E-state index contributed by atoms with van der Waals surface area (Å²) >= 11 is 0. The van der Waals surface area contributed by atoms with Crippen LogP contribution in [0, 0.1) is 5.92 Å². The fourth-order valence-corrected chi connectivity index (χ4v) is 10.3. The largest absolute Gasteiger partial charge is 0.463 e. The topological polar surface area (TPSA) is 167 Å². The van der Waals surface area contributed by atoms with E-state index in [9.17, 15) is 29.4 Å². The van der Waals surface area contributed by atoms with Gasteiger partial charge in [-0.1, -0.05) is 285 Å². The zero-order valence-corrected chi connectivity index (χ0v) is 52.4. The molecule has 468 valence electrons. The molecule has 0 aliphatic rings. The molecule has 0 aliphatic heterocycles. The SMILES string of the molecule is CCCCCCCCCCCCCCCC(=O)OC[C@H](NC(=O)C[C@@H](CCCCCCCCCCC)OC(=O)CCCCCCCCCCCC(C)C)C(O)OC(CO)COCCOC(=O)CCCCCCCCCCCCC. The molecular formula is C67H129NO11. The molecule has 12 heteroatoms. The van der Waals surface area contributed by atoms with Gasteiger partial charge in [-0.2, -0.15) is 0 Å². The smallest absolute Gasteiger partial charge is 0.306 e. The highest BCUT2D eigenvalue weighted by molar-refractivity contribution is 5.77. The highest BCUT2D eigenvalue weighted by Gasteiger charge is 2.29. The Morgan fingerprint density at radius 2 is 0.759 bits per heavy atom. The summed E-state index contributed by atoms with van der Waals surface area (Å²) in [5.41, 5.74) is 0. The normalized spacial score (nSPS) is 13.1. The minimum absolute atomic E-state index is 0.0507. The van der Waals surface area contributed by atoms with Crippen molar-refractivity contribution in [3.8, 4) is 0 Å². The maximum absolute atomic E-state index is 13.8. The molecule has 12 nitrogen and oxygen atoms in total. The Kier molecular flexibility index (Phi) is 58.6. The average Bonchev–Trinajstić information content (AvgIpc) is 3.43. The van der Waals surface area contributed by atoms with Crippen LogP contribution in [-0.4, -0.2) is 91.6 Å². The van der Waals surface area contributed by atoms with Gasteiger partial charge in [-0.3, -0.25) is 19.2 Å². The number of aliphatic hydroxyl groups is 2. The van der Waals surface area contributed by atoms with E-state index in [0.717, 1.165) is 89.4 Å². The second kappa shape index (κ2) is 60.3. The maximum atomic E-state index is 13.8. The third-order valence-corrected chi connectivity index (χ3v) is 15.4. The Morgan fingerprint density at radius 3 is 1.15 bits per heavy atom. The van der Waals surface area contributed by atoms with Crippen molar-refractivity contribution in [2.45, 2.75) is 367 Å². The Hall–Kier alpha value is -2.28. The fraction of sp³-hybridized carbons (Fsp3) is 0.940. The van der Waals surface area contributed by atoms with Gasteiger partial charge in [0.1, 0.15) is 31.5 Å². The molecule has 2 unspecified atom stereocenters. The summed E-state index contributed by atoms with van der Waals surface area (Å²) in [4.78, 5) is 52.4. The van der Waals surface area contributed by atoms with E-state index in [2.05, 4.69) is 39.9 Å². The van der Waals surface area contributed by atoms with Crippen molar-refractivity contribution < 1.29 is 53.1 Å². The van der Waals surface area contributed by atoms with Crippen LogP contribution >= 0.6 is 0 Å². The van der Waals surface area contributed by atoms with Crippen molar-refractivity contribution in [3.63, 3.8) is 0 Å². The summed E-state index contributed by atoms with van der Waals surface area (Å²) < 4.78 is 28.5. The lowest BCUT2D eigenvalue weighted by Crippen LogP contribution is -2.50. The number of unbranched alkanes of at least 4 members (excludes halogenated alkanes) is 38. The first-order chi connectivity index (χ1) is 38.6. The predicted octanol–water partition coefficient (Wildman–Crippen LogP) is 17.6. The van der Waals surface area contributed by atoms with E-state index in [1.807, 2.05) is 0 Å². The molecule has 0 aliphatic carbocycles. The van der Waals surface area contributed by atoms with Crippen molar-refractivity contribution in [2.75, 3.05) is 33.0 Å². The highest BCUT2D eigenvalue weighted by atomic mass is 16.6. The van der Waals surface area contributed by atoms with Crippen molar-refractivity contribution in [1.82, 2.24) is 5.32 Å². The second-order valence-electron chi connectivity index (χ2n) is 23.8. The Morgan fingerprint density at radius 1 is 0.405 bits per heavy atom. The van der Waals surface area contributed by atoms with Crippen molar-refractivity contribution in [2.24, 2.45) is 5.92 Å². The van der Waals surface area contributed by atoms with Crippen LogP contribution in [0.5, 0.6) is 0 Å². The lowest BCUT2D eigenvalue weighted by Gasteiger charge is -2.28. The number of nitrogens with one attached hydrogen (secondary N) is 1. The van der Waals surface area contributed by atoms with Crippen LogP contribution in [0.4, 0.5) is 0 Å². The number of ether oxygens (including phenoxy) is 5. The van der Waals surface area contributed by atoms with Gasteiger partial charge in [0.05, 0.1) is 26.2 Å². The van der Waals surface area contributed by atoms with E-state index in [-0.39, 0.29) is 51.2 Å². The number of amides is 1. The van der Waals surface area contributed by atoms with Gasteiger partial charge in [-0.05, 0) is 38.0 Å². The van der Waals surface area contributed by atoms with Gasteiger partial charge in [0.2, 0.25) is 5.91 Å². The fourth-order valence-electron chi connectivity index (χ4n) is 10.3. The van der Waals surface area contributed by atoms with E-state index in [4.69, 9.17) is 23.7 Å². The first kappa shape index (κ1) is 76.7. The molecule has 0 saturated heterocycles. The lowest BCUT2D eigenvalue weighted by atomic mass is 10.0. The van der Waals surface area contributed by atoms with Crippen LogP contribution in [0.25, 0.3) is 0 Å². The van der Waals surface area contributed by atoms with E-state index < -0.39 is 43.0 Å². The number of carbonyl (C=O) groups excluding carboxylic acids is 4. The van der Waals surface area contributed by atoms with Gasteiger partial charge < -0.3 is 39.2 Å². The van der Waals surface area contributed by atoms with Crippen molar-refractivity contribution in [3.05, 3.63) is 0 Å². The van der Waals surface area contributed by atoms with Crippen LogP contribution < -0.4 is 5.32 Å². The maximum Gasteiger partial charge on any atom is 0.306 e. The van der Waals surface area contributed by atoms with Gasteiger partial charge in [0, 0.05) is 19.3 Å². The molecule has 0 radical (unpaired) electrons. The molecule has 0 rings (SSSR count). The zero-order chi connectivity index (χ0) is 57.9. The molecule has 1 amide bonds. The second-order valence-corrected chi connectivity index (χ2v) is 23.8. The standard InChI is InChI=1S/C67H129NO11/c1-6-9-12-15-18-21-23-24-26-31-36-41-46-51-65(72)77-58-62(67(74)79-61(56-69)57-75-53-54-76-64(71)50-45-40-35-30-25-22-19-16-13-10-7-2)68-63(70)55-60(49-44-39-34-28-20-17-14-11-8-3)78-66(73)52-47-42-37-32-27-29-33-38-43-48-59(4)5/h59-62,67,69,74H,6-58H2,1-5H3,(H,68,70)/t60-,61?,62+,67?/m1/s1. The molecule has 0 aromatic carbocycles. The third kappa shape index (κ3) is 56.0. The van der Waals surface area contributed by atoms with Gasteiger partial charge in [0.15, 0.2) is 6.29 Å². The lowest BCUT2D eigenvalue weighted by molar-refractivity contribution is -0.187. The highest BCUT2D eigenvalue weighted by Crippen LogP contribution is 2.19. The van der Waals surface area contributed by atoms with Gasteiger partial charge >= 0.3 is 17.9 Å². The minimum atomic E-state index is -1.67. The van der Waals surface area contributed by atoms with Crippen molar-refractivity contribution >= 4 is 23.8 Å². The number of aliphatic hydroxyl groups excluding tert-OH is 2. The third-order valence-electron chi connectivity index (χ3n) is 15.4. The first-order valence-corrected chi connectivity index (χ1v) is 33.9. The van der Waals surface area contributed by atoms with E-state index in [1.54, 1.807) is 0 Å². The molecule has 79 heavy (non-hydrogen) atoms. The molecule has 0 aromatic rings. The van der Waals surface area contributed by atoms with E-state index in [1.165, 1.54) is 186 Å². The van der Waals surface area contributed by atoms with E-state index in [0.29, 0.717) is 25.7 Å². The molecule has 0 saturated carbocycles. The Labute approximate surface area is 486 Å². The molecule has 0 spiro atoms. The van der Waals surface area contributed by atoms with Crippen LogP contribution in [0.2, 0.25) is 0 Å². The summed E-state index contributed by atoms with van der Waals surface area (Å²) in [7, 11) is 0. The Bertz CT molecular complexity index is 1330. The number of rotatable bonds is 63. The van der Waals surface area contributed by atoms with Gasteiger partial charge in [-0.25, -0.2) is 0 Å². The predicted molar refractivity (Wildman–Crippen MR) is 326 cm³/mol. The van der Waals surface area contributed by atoms with Gasteiger partial charge in [-0.15, -0.1) is 0 Å². The number of carbonyl (C=O) groups is 4. The van der Waals surface area contributed by atoms with Crippen LogP contribution in [0.1, 0.15) is 343 Å². The molecule has 0 heterocycles. The van der Waals surface area contributed by atoms with Crippen LogP contribution in [-0.2, 0) is 42.9 Å². The molecule has 4 atom stereocenters. The summed E-state index contributed by atoms with van der Waals surface area (Å²) in [6, 6.07) is -1.17. The molecule has 0 aromatic heterocycles. The summed E-state index contributed by atoms with van der Waals surface area (Å²) in [6.45, 7) is 10.5. The van der Waals surface area contributed by atoms with Crippen LogP contribution in [0.15, 0.2) is 0 Å². The minimum Gasteiger partial charge on any atom is -0.463 e. The molecule has 0 fully saturated rings. The Balaban J connectivity index is 5.37. The molecule has 3 N–H and O–H groups in total. The van der Waals surface area contributed by atoms with Crippen LogP contribution in [0.3, 0.4) is 0 Å². The number of hydrogen-bond donors (Lipinski definition) is 3. The summed E-state index contributed by atoms with van der Waals surface area (Å²) in [6.07, 6.45) is 48.9.